The standard InChI is InChI=1S/C19H22Cl2N2O3S/c1-3-26-19-7-5-16(12-14(19)2)27(24,25)23-10-8-22(9-11-23)15-4-6-17(20)18(21)13-15/h4-7,12-13H,3,8-11H2,1-2H3. The van der Waals surface area contributed by atoms with Crippen molar-refractivity contribution >= 4 is 38.9 Å². The molecule has 1 aliphatic heterocycles. The summed E-state index contributed by atoms with van der Waals surface area (Å²) in [6.07, 6.45) is 0. The number of sulfonamides is 1. The molecule has 2 aromatic rings. The zero-order chi connectivity index (χ0) is 19.6. The Hall–Kier alpha value is -1.47. The fourth-order valence-electron chi connectivity index (χ4n) is 3.12. The first-order valence-electron chi connectivity index (χ1n) is 8.76. The molecule has 3 rings (SSSR count). The monoisotopic (exact) mass is 428 g/mol. The van der Waals surface area contributed by atoms with Crippen molar-refractivity contribution < 1.29 is 13.2 Å². The summed E-state index contributed by atoms with van der Waals surface area (Å²) < 4.78 is 33.0. The van der Waals surface area contributed by atoms with E-state index in [1.807, 2.05) is 26.0 Å². The Kier molecular flexibility index (Phi) is 6.21. The molecule has 146 valence electrons. The van der Waals surface area contributed by atoms with E-state index in [4.69, 9.17) is 27.9 Å². The van der Waals surface area contributed by atoms with Crippen molar-refractivity contribution in [1.82, 2.24) is 4.31 Å². The van der Waals surface area contributed by atoms with Crippen LogP contribution in [0.2, 0.25) is 10.0 Å². The van der Waals surface area contributed by atoms with E-state index in [1.54, 1.807) is 24.3 Å². The molecular formula is C19H22Cl2N2O3S. The van der Waals surface area contributed by atoms with E-state index in [2.05, 4.69) is 4.90 Å². The molecule has 0 unspecified atom stereocenters. The average molecular weight is 429 g/mol. The van der Waals surface area contributed by atoms with Crippen molar-refractivity contribution in [2.24, 2.45) is 0 Å². The van der Waals surface area contributed by atoms with E-state index in [-0.39, 0.29) is 0 Å². The van der Waals surface area contributed by atoms with Crippen LogP contribution in [0.5, 0.6) is 5.75 Å². The van der Waals surface area contributed by atoms with E-state index in [9.17, 15) is 8.42 Å². The number of nitrogens with zero attached hydrogens (tertiary/aromatic N) is 2. The zero-order valence-electron chi connectivity index (χ0n) is 15.3. The fraction of sp³-hybridized carbons (Fsp3) is 0.368. The zero-order valence-corrected chi connectivity index (χ0v) is 17.6. The molecule has 0 N–H and O–H groups in total. The molecule has 5 nitrogen and oxygen atoms in total. The molecule has 0 aromatic heterocycles. The van der Waals surface area contributed by atoms with Crippen molar-refractivity contribution in [3.8, 4) is 5.75 Å². The van der Waals surface area contributed by atoms with Crippen molar-refractivity contribution in [3.63, 3.8) is 0 Å². The minimum Gasteiger partial charge on any atom is -0.494 e. The van der Waals surface area contributed by atoms with Crippen LogP contribution in [0.4, 0.5) is 5.69 Å². The second-order valence-corrected chi connectivity index (χ2v) is 9.10. The Morgan fingerprint density at radius 2 is 1.70 bits per heavy atom. The molecule has 27 heavy (non-hydrogen) atoms. The Morgan fingerprint density at radius 3 is 2.30 bits per heavy atom. The van der Waals surface area contributed by atoms with Crippen molar-refractivity contribution in [2.75, 3.05) is 37.7 Å². The van der Waals surface area contributed by atoms with Crippen LogP contribution < -0.4 is 9.64 Å². The maximum atomic E-state index is 13.0. The smallest absolute Gasteiger partial charge is 0.243 e. The first-order valence-corrected chi connectivity index (χ1v) is 11.0. The normalized spacial score (nSPS) is 15.8. The van der Waals surface area contributed by atoms with Crippen LogP contribution in [0.25, 0.3) is 0 Å². The summed E-state index contributed by atoms with van der Waals surface area (Å²) in [5, 5.41) is 1.00. The summed E-state index contributed by atoms with van der Waals surface area (Å²) in [4.78, 5) is 2.41. The largest absolute Gasteiger partial charge is 0.494 e. The highest BCUT2D eigenvalue weighted by molar-refractivity contribution is 7.89. The SMILES string of the molecule is CCOc1ccc(S(=O)(=O)N2CCN(c3ccc(Cl)c(Cl)c3)CC2)cc1C. The van der Waals surface area contributed by atoms with Crippen LogP contribution in [0.3, 0.4) is 0 Å². The highest BCUT2D eigenvalue weighted by Gasteiger charge is 2.29. The molecule has 0 atom stereocenters. The van der Waals surface area contributed by atoms with Gasteiger partial charge < -0.3 is 9.64 Å². The number of anilines is 1. The van der Waals surface area contributed by atoms with Gasteiger partial charge in [-0.25, -0.2) is 8.42 Å². The molecule has 0 bridgehead atoms. The maximum Gasteiger partial charge on any atom is 0.243 e. The van der Waals surface area contributed by atoms with Crippen molar-refractivity contribution in [1.29, 1.82) is 0 Å². The highest BCUT2D eigenvalue weighted by atomic mass is 35.5. The van der Waals surface area contributed by atoms with Crippen LogP contribution in [0.15, 0.2) is 41.3 Å². The fourth-order valence-corrected chi connectivity index (χ4v) is 4.92. The number of ether oxygens (including phenoxy) is 1. The molecule has 1 saturated heterocycles. The molecular weight excluding hydrogens is 407 g/mol. The van der Waals surface area contributed by atoms with Gasteiger partial charge in [0, 0.05) is 31.9 Å². The number of piperazine rings is 1. The minimum atomic E-state index is -3.53. The lowest BCUT2D eigenvalue weighted by Gasteiger charge is -2.35. The van der Waals surface area contributed by atoms with E-state index in [0.29, 0.717) is 53.5 Å². The second-order valence-electron chi connectivity index (χ2n) is 6.35. The summed E-state index contributed by atoms with van der Waals surface area (Å²) in [6.45, 7) is 6.30. The van der Waals surface area contributed by atoms with Gasteiger partial charge in [-0.3, -0.25) is 0 Å². The number of halogens is 2. The van der Waals surface area contributed by atoms with E-state index in [0.717, 1.165) is 11.3 Å². The number of aryl methyl sites for hydroxylation is 1. The molecule has 0 spiro atoms. The molecule has 0 saturated carbocycles. The van der Waals surface area contributed by atoms with Gasteiger partial charge in [0.05, 0.1) is 21.5 Å². The van der Waals surface area contributed by atoms with Gasteiger partial charge in [0.1, 0.15) is 5.75 Å². The topological polar surface area (TPSA) is 49.9 Å². The van der Waals surface area contributed by atoms with Gasteiger partial charge in [0.25, 0.3) is 0 Å². The van der Waals surface area contributed by atoms with Crippen molar-refractivity contribution in [3.05, 3.63) is 52.0 Å². The number of benzene rings is 2. The number of hydrogen-bond acceptors (Lipinski definition) is 4. The van der Waals surface area contributed by atoms with Gasteiger partial charge >= 0.3 is 0 Å². The van der Waals surface area contributed by atoms with Crippen LogP contribution in [0.1, 0.15) is 12.5 Å². The van der Waals surface area contributed by atoms with E-state index < -0.39 is 10.0 Å². The Labute approximate surface area is 170 Å². The molecule has 2 aromatic carbocycles. The Morgan fingerprint density at radius 1 is 1.00 bits per heavy atom. The van der Waals surface area contributed by atoms with Gasteiger partial charge in [-0.2, -0.15) is 4.31 Å². The first kappa shape index (κ1) is 20.3. The predicted octanol–water partition coefficient (Wildman–Crippen LogP) is 4.21. The summed E-state index contributed by atoms with van der Waals surface area (Å²) in [5.74, 6) is 0.709. The molecule has 0 radical (unpaired) electrons. The highest BCUT2D eigenvalue weighted by Crippen LogP contribution is 2.29. The van der Waals surface area contributed by atoms with Crippen LogP contribution in [-0.4, -0.2) is 45.5 Å². The molecule has 0 aliphatic carbocycles. The third-order valence-corrected chi connectivity index (χ3v) is 7.22. The number of rotatable bonds is 5. The molecule has 8 heteroatoms. The Bertz CT molecular complexity index is 927. The lowest BCUT2D eigenvalue weighted by atomic mass is 10.2. The predicted molar refractivity (Wildman–Crippen MR) is 110 cm³/mol. The minimum absolute atomic E-state index is 0.298. The van der Waals surface area contributed by atoms with Crippen LogP contribution in [-0.2, 0) is 10.0 Å². The summed E-state index contributed by atoms with van der Waals surface area (Å²) in [5.41, 5.74) is 1.76. The lowest BCUT2D eigenvalue weighted by Crippen LogP contribution is -2.48. The molecule has 0 amide bonds. The third-order valence-electron chi connectivity index (χ3n) is 4.59. The van der Waals surface area contributed by atoms with Crippen molar-refractivity contribution in [2.45, 2.75) is 18.7 Å². The van der Waals surface area contributed by atoms with Gasteiger partial charge in [0.15, 0.2) is 0 Å². The quantitative estimate of drug-likeness (QED) is 0.715. The second kappa shape index (κ2) is 8.27. The molecule has 1 fully saturated rings. The van der Waals surface area contributed by atoms with Gasteiger partial charge in [-0.1, -0.05) is 23.2 Å². The van der Waals surface area contributed by atoms with Crippen LogP contribution in [0, 0.1) is 6.92 Å². The van der Waals surface area contributed by atoms with E-state index >= 15 is 0 Å². The van der Waals surface area contributed by atoms with E-state index in [1.165, 1.54) is 4.31 Å². The summed E-state index contributed by atoms with van der Waals surface area (Å²) in [6, 6.07) is 10.5. The lowest BCUT2D eigenvalue weighted by molar-refractivity contribution is 0.337. The average Bonchev–Trinajstić information content (AvgIpc) is 2.66. The maximum absolute atomic E-state index is 13.0. The summed E-state index contributed by atoms with van der Waals surface area (Å²) >= 11 is 12.1. The third kappa shape index (κ3) is 4.35. The van der Waals surface area contributed by atoms with Gasteiger partial charge in [-0.05, 0) is 55.8 Å². The molecule has 1 aliphatic rings. The number of hydrogen-bond donors (Lipinski definition) is 0. The summed E-state index contributed by atoms with van der Waals surface area (Å²) in [7, 11) is -3.53. The van der Waals surface area contributed by atoms with Gasteiger partial charge in [-0.15, -0.1) is 0 Å². The first-order chi connectivity index (χ1) is 12.8. The molecule has 1 heterocycles. The van der Waals surface area contributed by atoms with Crippen LogP contribution >= 0.6 is 23.2 Å². The van der Waals surface area contributed by atoms with Gasteiger partial charge in [0.2, 0.25) is 10.0 Å². The Balaban J connectivity index is 1.72.